The van der Waals surface area contributed by atoms with E-state index in [9.17, 15) is 4.79 Å². The summed E-state index contributed by atoms with van der Waals surface area (Å²) in [5, 5.41) is 8.56. The van der Waals surface area contributed by atoms with Crippen LogP contribution in [0.2, 0.25) is 0 Å². The molecule has 1 atom stereocenters. The van der Waals surface area contributed by atoms with Crippen LogP contribution in [0.1, 0.15) is 16.8 Å². The van der Waals surface area contributed by atoms with Crippen molar-refractivity contribution in [1.29, 1.82) is 0 Å². The molecule has 0 bridgehead atoms. The van der Waals surface area contributed by atoms with E-state index in [4.69, 9.17) is 5.11 Å². The van der Waals surface area contributed by atoms with Gasteiger partial charge in [0.2, 0.25) is 0 Å². The lowest BCUT2D eigenvalue weighted by molar-refractivity contribution is -0.136. The van der Waals surface area contributed by atoms with Gasteiger partial charge in [0.15, 0.2) is 0 Å². The number of hydrogen-bond donors (Lipinski definition) is 1. The molecule has 0 aliphatic rings. The molecule has 0 aromatic heterocycles. The van der Waals surface area contributed by atoms with Gasteiger partial charge in [-0.2, -0.15) is 0 Å². The Morgan fingerprint density at radius 1 is 1.38 bits per heavy atom. The Morgan fingerprint density at radius 2 is 1.92 bits per heavy atom. The second-order valence-corrected chi connectivity index (χ2v) is 4.64. The zero-order valence-electron chi connectivity index (χ0n) is 6.71. The number of carboxylic acid groups (broad SMARTS) is 1. The predicted octanol–water partition coefficient (Wildman–Crippen LogP) is 3.36. The molecule has 0 radical (unpaired) electrons. The smallest absolute Gasteiger partial charge is 0.304 e. The van der Waals surface area contributed by atoms with E-state index in [1.807, 2.05) is 24.3 Å². The maximum Gasteiger partial charge on any atom is 0.304 e. The first-order valence-corrected chi connectivity index (χ1v) is 5.42. The first-order chi connectivity index (χ1) is 6.09. The van der Waals surface area contributed by atoms with E-state index in [0.29, 0.717) is 0 Å². The van der Waals surface area contributed by atoms with Gasteiger partial charge in [-0.15, -0.1) is 0 Å². The van der Waals surface area contributed by atoms with Gasteiger partial charge in [0.05, 0.1) is 6.42 Å². The average molecular weight is 308 g/mol. The maximum absolute atomic E-state index is 10.4. The molecule has 13 heavy (non-hydrogen) atoms. The van der Waals surface area contributed by atoms with Crippen molar-refractivity contribution in [2.24, 2.45) is 0 Å². The topological polar surface area (TPSA) is 37.3 Å². The van der Waals surface area contributed by atoms with Crippen LogP contribution in [-0.2, 0) is 4.79 Å². The van der Waals surface area contributed by atoms with Crippen molar-refractivity contribution in [3.63, 3.8) is 0 Å². The summed E-state index contributed by atoms with van der Waals surface area (Å²) in [4.78, 5) is 10.3. The molecule has 70 valence electrons. The standard InChI is InChI=1S/C9H8Br2O2/c10-7-3-1-6(2-4-7)8(11)5-9(12)13/h1-4,8H,5H2,(H,12,13). The largest absolute Gasteiger partial charge is 0.481 e. The van der Waals surface area contributed by atoms with E-state index in [-0.39, 0.29) is 11.2 Å². The lowest BCUT2D eigenvalue weighted by Gasteiger charge is -2.06. The highest BCUT2D eigenvalue weighted by atomic mass is 79.9. The van der Waals surface area contributed by atoms with Crippen molar-refractivity contribution in [2.75, 3.05) is 0 Å². The molecule has 1 aromatic rings. The van der Waals surface area contributed by atoms with Crippen LogP contribution in [0, 0.1) is 0 Å². The number of aliphatic carboxylic acids is 1. The Bertz CT molecular complexity index is 295. The third-order valence-corrected chi connectivity index (χ3v) is 2.97. The molecule has 1 unspecified atom stereocenters. The average Bonchev–Trinajstić information content (AvgIpc) is 2.04. The van der Waals surface area contributed by atoms with Gasteiger partial charge >= 0.3 is 5.97 Å². The highest BCUT2D eigenvalue weighted by Crippen LogP contribution is 2.27. The summed E-state index contributed by atoms with van der Waals surface area (Å²) >= 11 is 6.63. The minimum Gasteiger partial charge on any atom is -0.481 e. The lowest BCUT2D eigenvalue weighted by atomic mass is 10.1. The molecule has 4 heteroatoms. The van der Waals surface area contributed by atoms with Crippen molar-refractivity contribution >= 4 is 37.8 Å². The number of rotatable bonds is 3. The molecule has 0 saturated heterocycles. The quantitative estimate of drug-likeness (QED) is 0.869. The Kier molecular flexibility index (Phi) is 3.93. The minimum atomic E-state index is -0.801. The van der Waals surface area contributed by atoms with Crippen molar-refractivity contribution in [3.8, 4) is 0 Å². The van der Waals surface area contributed by atoms with E-state index < -0.39 is 5.97 Å². The van der Waals surface area contributed by atoms with Crippen LogP contribution in [0.3, 0.4) is 0 Å². The molecule has 0 heterocycles. The molecule has 0 fully saturated rings. The molecular formula is C9H8Br2O2. The van der Waals surface area contributed by atoms with Crippen LogP contribution in [0.4, 0.5) is 0 Å². The van der Waals surface area contributed by atoms with Crippen LogP contribution in [0.25, 0.3) is 0 Å². The number of hydrogen-bond acceptors (Lipinski definition) is 1. The molecular weight excluding hydrogens is 300 g/mol. The zero-order valence-corrected chi connectivity index (χ0v) is 9.88. The highest BCUT2D eigenvalue weighted by Gasteiger charge is 2.10. The monoisotopic (exact) mass is 306 g/mol. The van der Waals surface area contributed by atoms with Gasteiger partial charge < -0.3 is 5.11 Å². The third-order valence-electron chi connectivity index (χ3n) is 1.59. The molecule has 1 rings (SSSR count). The highest BCUT2D eigenvalue weighted by molar-refractivity contribution is 9.10. The molecule has 0 amide bonds. The Morgan fingerprint density at radius 3 is 2.38 bits per heavy atom. The number of carboxylic acids is 1. The molecule has 1 aromatic carbocycles. The summed E-state index contributed by atoms with van der Waals surface area (Å²) in [5.41, 5.74) is 0.977. The Balaban J connectivity index is 2.71. The second kappa shape index (κ2) is 4.77. The fourth-order valence-electron chi connectivity index (χ4n) is 0.943. The molecule has 0 aliphatic heterocycles. The lowest BCUT2D eigenvalue weighted by Crippen LogP contribution is -2.00. The number of benzene rings is 1. The summed E-state index contributed by atoms with van der Waals surface area (Å²) < 4.78 is 0.992. The number of carbonyl (C=O) groups is 1. The minimum absolute atomic E-state index is 0.0988. The second-order valence-electron chi connectivity index (χ2n) is 2.62. The van der Waals surface area contributed by atoms with Gasteiger partial charge in [-0.1, -0.05) is 44.0 Å². The van der Waals surface area contributed by atoms with Crippen molar-refractivity contribution in [2.45, 2.75) is 11.2 Å². The fourth-order valence-corrected chi connectivity index (χ4v) is 1.79. The van der Waals surface area contributed by atoms with E-state index in [1.54, 1.807) is 0 Å². The molecule has 0 aliphatic carbocycles. The van der Waals surface area contributed by atoms with Crippen LogP contribution < -0.4 is 0 Å². The maximum atomic E-state index is 10.4. The fraction of sp³-hybridized carbons (Fsp3) is 0.222. The number of alkyl halides is 1. The molecule has 1 N–H and O–H groups in total. The first kappa shape index (κ1) is 10.7. The number of halogens is 2. The SMILES string of the molecule is O=C(O)CC(Br)c1ccc(Br)cc1. The van der Waals surface area contributed by atoms with Gasteiger partial charge in [-0.05, 0) is 17.7 Å². The van der Waals surface area contributed by atoms with E-state index in [1.165, 1.54) is 0 Å². The molecule has 0 saturated carbocycles. The van der Waals surface area contributed by atoms with Gasteiger partial charge in [0.1, 0.15) is 0 Å². The third kappa shape index (κ3) is 3.48. The summed E-state index contributed by atoms with van der Waals surface area (Å²) in [7, 11) is 0. The van der Waals surface area contributed by atoms with E-state index in [2.05, 4.69) is 31.9 Å². The first-order valence-electron chi connectivity index (χ1n) is 3.71. The Hall–Kier alpha value is -0.350. The van der Waals surface area contributed by atoms with Crippen LogP contribution in [0.5, 0.6) is 0 Å². The zero-order chi connectivity index (χ0) is 9.84. The van der Waals surface area contributed by atoms with Crippen molar-refractivity contribution in [1.82, 2.24) is 0 Å². The molecule has 2 nitrogen and oxygen atoms in total. The van der Waals surface area contributed by atoms with Gasteiger partial charge in [-0.3, -0.25) is 4.79 Å². The van der Waals surface area contributed by atoms with Crippen LogP contribution in [-0.4, -0.2) is 11.1 Å². The van der Waals surface area contributed by atoms with Crippen molar-refractivity contribution < 1.29 is 9.90 Å². The summed E-state index contributed by atoms with van der Waals surface area (Å²) in [6.07, 6.45) is 0.0988. The Labute approximate surface area is 93.2 Å². The normalized spacial score (nSPS) is 12.5. The van der Waals surface area contributed by atoms with Crippen molar-refractivity contribution in [3.05, 3.63) is 34.3 Å². The summed E-state index contributed by atoms with van der Waals surface area (Å²) in [6, 6.07) is 7.58. The summed E-state index contributed by atoms with van der Waals surface area (Å²) in [5.74, 6) is -0.801. The van der Waals surface area contributed by atoms with Gasteiger partial charge in [0.25, 0.3) is 0 Å². The summed E-state index contributed by atoms with van der Waals surface area (Å²) in [6.45, 7) is 0. The van der Waals surface area contributed by atoms with Gasteiger partial charge in [-0.25, -0.2) is 0 Å². The van der Waals surface area contributed by atoms with Crippen LogP contribution in [0.15, 0.2) is 28.7 Å². The predicted molar refractivity (Wildman–Crippen MR) is 58.1 cm³/mol. The van der Waals surface area contributed by atoms with Gasteiger partial charge in [0, 0.05) is 9.30 Å². The van der Waals surface area contributed by atoms with Crippen LogP contribution >= 0.6 is 31.9 Å². The van der Waals surface area contributed by atoms with E-state index in [0.717, 1.165) is 10.0 Å². The molecule has 0 spiro atoms. The van der Waals surface area contributed by atoms with E-state index >= 15 is 0 Å².